The van der Waals surface area contributed by atoms with E-state index >= 15 is 0 Å². The van der Waals surface area contributed by atoms with Crippen molar-refractivity contribution in [3.63, 3.8) is 0 Å². The minimum atomic E-state index is 0.0329. The second kappa shape index (κ2) is 4.52. The molecule has 1 saturated heterocycles. The molecule has 0 aromatic rings. The van der Waals surface area contributed by atoms with Crippen molar-refractivity contribution < 1.29 is 4.74 Å². The third-order valence-corrected chi connectivity index (χ3v) is 3.19. The van der Waals surface area contributed by atoms with Crippen LogP contribution < -0.4 is 5.32 Å². The number of nitrogens with zero attached hydrogens (tertiary/aromatic N) is 1. The lowest BCUT2D eigenvalue weighted by molar-refractivity contribution is -0.0605. The highest BCUT2D eigenvalue weighted by Gasteiger charge is 2.29. The van der Waals surface area contributed by atoms with Crippen LogP contribution in [0.2, 0.25) is 0 Å². The summed E-state index contributed by atoms with van der Waals surface area (Å²) in [6.07, 6.45) is 5.88. The van der Waals surface area contributed by atoms with Crippen LogP contribution in [0.3, 0.4) is 0 Å². The Morgan fingerprint density at radius 3 is 2.93 bits per heavy atom. The van der Waals surface area contributed by atoms with E-state index in [9.17, 15) is 0 Å². The first kappa shape index (κ1) is 10.9. The predicted molar refractivity (Wildman–Crippen MR) is 62.3 cm³/mol. The molecule has 0 aromatic heterocycles. The minimum absolute atomic E-state index is 0.0329. The third-order valence-electron chi connectivity index (χ3n) is 3.19. The van der Waals surface area contributed by atoms with Gasteiger partial charge >= 0.3 is 0 Å². The maximum atomic E-state index is 5.70. The molecule has 1 unspecified atom stereocenters. The lowest BCUT2D eigenvalue weighted by Gasteiger charge is -2.36. The molecule has 0 amide bonds. The summed E-state index contributed by atoms with van der Waals surface area (Å²) in [5, 5.41) is 3.58. The minimum Gasteiger partial charge on any atom is -0.375 e. The second-order valence-electron chi connectivity index (χ2n) is 5.23. The Labute approximate surface area is 92.3 Å². The zero-order valence-corrected chi connectivity index (χ0v) is 9.88. The molecule has 2 aliphatic rings. The normalized spacial score (nSPS) is 30.8. The molecule has 3 heteroatoms. The molecule has 1 atom stereocenters. The number of hydrogen-bond acceptors (Lipinski definition) is 3. The lowest BCUT2D eigenvalue weighted by Crippen LogP contribution is -2.46. The van der Waals surface area contributed by atoms with Gasteiger partial charge < -0.3 is 10.1 Å². The second-order valence-corrected chi connectivity index (χ2v) is 5.23. The van der Waals surface area contributed by atoms with E-state index in [2.05, 4.69) is 24.2 Å². The van der Waals surface area contributed by atoms with E-state index in [1.165, 1.54) is 18.7 Å². The van der Waals surface area contributed by atoms with Crippen molar-refractivity contribution in [2.24, 2.45) is 4.99 Å². The van der Waals surface area contributed by atoms with Crippen molar-refractivity contribution in [3.8, 4) is 0 Å². The van der Waals surface area contributed by atoms with Crippen LogP contribution in [-0.2, 0) is 4.74 Å². The average Bonchev–Trinajstić information content (AvgIpc) is 2.17. The van der Waals surface area contributed by atoms with Crippen molar-refractivity contribution >= 4 is 5.84 Å². The van der Waals surface area contributed by atoms with Crippen LogP contribution in [-0.4, -0.2) is 30.6 Å². The lowest BCUT2D eigenvalue weighted by atomic mass is 9.93. The number of aliphatic imine (C=N–C) groups is 1. The summed E-state index contributed by atoms with van der Waals surface area (Å²) in [4.78, 5) is 4.54. The number of nitrogens with one attached hydrogen (secondary N) is 1. The Morgan fingerprint density at radius 1 is 1.40 bits per heavy atom. The summed E-state index contributed by atoms with van der Waals surface area (Å²) < 4.78 is 5.70. The highest BCUT2D eigenvalue weighted by atomic mass is 16.5. The highest BCUT2D eigenvalue weighted by Crippen LogP contribution is 2.24. The third kappa shape index (κ3) is 3.20. The number of hydrogen-bond donors (Lipinski definition) is 1. The Kier molecular flexibility index (Phi) is 3.29. The summed E-state index contributed by atoms with van der Waals surface area (Å²) in [7, 11) is 0. The van der Waals surface area contributed by atoms with Crippen molar-refractivity contribution in [2.45, 2.75) is 57.6 Å². The van der Waals surface area contributed by atoms with E-state index in [4.69, 9.17) is 4.74 Å². The fourth-order valence-corrected chi connectivity index (χ4v) is 2.41. The largest absolute Gasteiger partial charge is 0.375 e. The molecule has 0 saturated carbocycles. The molecule has 0 radical (unpaired) electrons. The molecule has 86 valence electrons. The van der Waals surface area contributed by atoms with Crippen molar-refractivity contribution in [2.75, 3.05) is 13.2 Å². The summed E-state index contributed by atoms with van der Waals surface area (Å²) in [5.41, 5.74) is 0.0329. The number of rotatable bonds is 1. The van der Waals surface area contributed by atoms with E-state index < -0.39 is 0 Å². The fourth-order valence-electron chi connectivity index (χ4n) is 2.41. The standard InChI is InChI=1S/C12H22N2O/c1-12(2)9-10(6-8-15-12)14-11-5-3-4-7-13-11/h10H,3-9H2,1-2H3,(H,13,14). The van der Waals surface area contributed by atoms with Gasteiger partial charge in [-0.3, -0.25) is 4.99 Å². The summed E-state index contributed by atoms with van der Waals surface area (Å²) in [6, 6.07) is 0.561. The van der Waals surface area contributed by atoms with Gasteiger partial charge in [-0.05, 0) is 39.5 Å². The molecule has 0 spiro atoms. The van der Waals surface area contributed by atoms with Crippen molar-refractivity contribution in [1.82, 2.24) is 5.32 Å². The summed E-state index contributed by atoms with van der Waals surface area (Å²) in [5.74, 6) is 1.23. The number of amidine groups is 1. The first-order valence-electron chi connectivity index (χ1n) is 6.09. The Balaban J connectivity index is 1.86. The number of ether oxygens (including phenoxy) is 1. The Bertz CT molecular complexity index is 248. The van der Waals surface area contributed by atoms with Crippen molar-refractivity contribution in [1.29, 1.82) is 0 Å². The fraction of sp³-hybridized carbons (Fsp3) is 0.917. The predicted octanol–water partition coefficient (Wildman–Crippen LogP) is 2.12. The molecule has 0 aliphatic carbocycles. The van der Waals surface area contributed by atoms with Crippen LogP contribution in [0.4, 0.5) is 0 Å². The molecule has 1 fully saturated rings. The maximum Gasteiger partial charge on any atom is 0.0965 e. The van der Waals surface area contributed by atoms with E-state index in [0.717, 1.165) is 32.4 Å². The average molecular weight is 210 g/mol. The van der Waals surface area contributed by atoms with Crippen LogP contribution in [0.25, 0.3) is 0 Å². The van der Waals surface area contributed by atoms with Gasteiger partial charge in [0.1, 0.15) is 0 Å². The SMILES string of the molecule is CC1(C)CC(NC2=NCCCC2)CCO1. The van der Waals surface area contributed by atoms with Gasteiger partial charge in [0.2, 0.25) is 0 Å². The monoisotopic (exact) mass is 210 g/mol. The zero-order valence-electron chi connectivity index (χ0n) is 9.88. The Hall–Kier alpha value is -0.570. The molecular formula is C12H22N2O. The molecule has 1 N–H and O–H groups in total. The van der Waals surface area contributed by atoms with E-state index in [-0.39, 0.29) is 5.60 Å². The van der Waals surface area contributed by atoms with Gasteiger partial charge in [-0.2, -0.15) is 0 Å². The van der Waals surface area contributed by atoms with Gasteiger partial charge in [0.05, 0.1) is 11.4 Å². The Morgan fingerprint density at radius 2 is 2.27 bits per heavy atom. The first-order valence-corrected chi connectivity index (χ1v) is 6.09. The van der Waals surface area contributed by atoms with E-state index in [1.54, 1.807) is 0 Å². The van der Waals surface area contributed by atoms with Crippen LogP contribution in [0.5, 0.6) is 0 Å². The molecular weight excluding hydrogens is 188 g/mol. The molecule has 2 aliphatic heterocycles. The van der Waals surface area contributed by atoms with Gasteiger partial charge in [-0.1, -0.05) is 0 Å². The maximum absolute atomic E-state index is 5.70. The molecule has 3 nitrogen and oxygen atoms in total. The van der Waals surface area contributed by atoms with Gasteiger partial charge in [-0.15, -0.1) is 0 Å². The highest BCUT2D eigenvalue weighted by molar-refractivity contribution is 5.82. The molecule has 15 heavy (non-hydrogen) atoms. The van der Waals surface area contributed by atoms with Gasteiger partial charge in [0.15, 0.2) is 0 Å². The molecule has 0 aromatic carbocycles. The van der Waals surface area contributed by atoms with Crippen molar-refractivity contribution in [3.05, 3.63) is 0 Å². The summed E-state index contributed by atoms with van der Waals surface area (Å²) in [6.45, 7) is 6.22. The first-order chi connectivity index (χ1) is 7.16. The van der Waals surface area contributed by atoms with Crippen LogP contribution >= 0.6 is 0 Å². The van der Waals surface area contributed by atoms with E-state index in [0.29, 0.717) is 6.04 Å². The van der Waals surface area contributed by atoms with Crippen LogP contribution in [0.15, 0.2) is 4.99 Å². The van der Waals surface area contributed by atoms with Gasteiger partial charge in [-0.25, -0.2) is 0 Å². The van der Waals surface area contributed by atoms with Gasteiger partial charge in [0, 0.05) is 25.6 Å². The molecule has 0 bridgehead atoms. The zero-order chi connectivity index (χ0) is 10.7. The van der Waals surface area contributed by atoms with Crippen LogP contribution in [0.1, 0.15) is 46.0 Å². The van der Waals surface area contributed by atoms with Crippen LogP contribution in [0, 0.1) is 0 Å². The quantitative estimate of drug-likeness (QED) is 0.719. The smallest absolute Gasteiger partial charge is 0.0965 e. The topological polar surface area (TPSA) is 33.6 Å². The molecule has 2 heterocycles. The van der Waals surface area contributed by atoms with E-state index in [1.807, 2.05) is 0 Å². The summed E-state index contributed by atoms with van der Waals surface area (Å²) >= 11 is 0. The molecule has 2 rings (SSSR count). The van der Waals surface area contributed by atoms with Gasteiger partial charge in [0.25, 0.3) is 0 Å².